The number of hydrogen-bond donors (Lipinski definition) is 2. The van der Waals surface area contributed by atoms with Gasteiger partial charge in [0.2, 0.25) is 5.91 Å². The standard InChI is InChI=1S/C22H29FN6O.HI/c1-2-25-22(29-13-11-28(12-14-29)20-5-3-4-10-26-20)27-16-18(21(24)30)15-17-6-8-19(23)9-7-17;/h3-10,18H,2,11-16H2,1H3,(H2,24,30)(H,25,27);1H. The summed E-state index contributed by atoms with van der Waals surface area (Å²) in [6.45, 7) is 6.34. The summed E-state index contributed by atoms with van der Waals surface area (Å²) in [6.07, 6.45) is 2.24. The molecular formula is C22H30FIN6O. The topological polar surface area (TPSA) is 86.8 Å². The summed E-state index contributed by atoms with van der Waals surface area (Å²) in [5.74, 6) is 0.611. The molecule has 2 heterocycles. The van der Waals surface area contributed by atoms with Gasteiger partial charge < -0.3 is 20.9 Å². The number of nitrogens with two attached hydrogens (primary N) is 1. The Labute approximate surface area is 199 Å². The van der Waals surface area contributed by atoms with Crippen LogP contribution in [0.3, 0.4) is 0 Å². The van der Waals surface area contributed by atoms with E-state index >= 15 is 0 Å². The first-order valence-corrected chi connectivity index (χ1v) is 10.3. The largest absolute Gasteiger partial charge is 0.369 e. The molecule has 0 spiro atoms. The molecule has 3 rings (SSSR count). The van der Waals surface area contributed by atoms with Gasteiger partial charge in [-0.25, -0.2) is 9.37 Å². The van der Waals surface area contributed by atoms with Crippen molar-refractivity contribution in [1.82, 2.24) is 15.2 Å². The van der Waals surface area contributed by atoms with Gasteiger partial charge >= 0.3 is 0 Å². The second-order valence-corrected chi connectivity index (χ2v) is 7.29. The zero-order valence-corrected chi connectivity index (χ0v) is 20.0. The normalized spacial score (nSPS) is 15.2. The molecule has 3 N–H and O–H groups in total. The molecule has 1 aliphatic rings. The highest BCUT2D eigenvalue weighted by atomic mass is 127. The number of guanidine groups is 1. The number of rotatable bonds is 7. The molecule has 1 aromatic heterocycles. The number of anilines is 1. The first kappa shape index (κ1) is 24.8. The van der Waals surface area contributed by atoms with Crippen molar-refractivity contribution in [2.24, 2.45) is 16.6 Å². The fourth-order valence-corrected chi connectivity index (χ4v) is 3.47. The fourth-order valence-electron chi connectivity index (χ4n) is 3.47. The average molecular weight is 540 g/mol. The number of hydrogen-bond acceptors (Lipinski definition) is 4. The number of carbonyl (C=O) groups excluding carboxylic acids is 1. The van der Waals surface area contributed by atoms with Gasteiger partial charge in [0.15, 0.2) is 5.96 Å². The highest BCUT2D eigenvalue weighted by Crippen LogP contribution is 2.14. The van der Waals surface area contributed by atoms with E-state index in [1.54, 1.807) is 18.3 Å². The minimum absolute atomic E-state index is 0. The van der Waals surface area contributed by atoms with E-state index < -0.39 is 11.8 Å². The number of benzene rings is 1. The van der Waals surface area contributed by atoms with E-state index in [0.29, 0.717) is 6.42 Å². The first-order valence-electron chi connectivity index (χ1n) is 10.3. The number of piperazine rings is 1. The smallest absolute Gasteiger partial charge is 0.222 e. The minimum atomic E-state index is -0.445. The van der Waals surface area contributed by atoms with Crippen molar-refractivity contribution in [1.29, 1.82) is 0 Å². The zero-order chi connectivity index (χ0) is 21.3. The second kappa shape index (κ2) is 12.4. The highest BCUT2D eigenvalue weighted by molar-refractivity contribution is 14.0. The Bertz CT molecular complexity index is 841. The van der Waals surface area contributed by atoms with Crippen LogP contribution in [-0.2, 0) is 11.2 Å². The van der Waals surface area contributed by atoms with Crippen LogP contribution in [0.2, 0.25) is 0 Å². The van der Waals surface area contributed by atoms with Crippen molar-refractivity contribution in [2.45, 2.75) is 13.3 Å². The fraction of sp³-hybridized carbons (Fsp3) is 0.409. The Morgan fingerprint density at radius 3 is 2.48 bits per heavy atom. The molecule has 1 amide bonds. The van der Waals surface area contributed by atoms with Crippen LogP contribution in [0.25, 0.3) is 0 Å². The molecule has 2 aromatic rings. The van der Waals surface area contributed by atoms with E-state index in [-0.39, 0.29) is 36.3 Å². The maximum atomic E-state index is 13.1. The third-order valence-corrected chi connectivity index (χ3v) is 5.15. The number of halogens is 2. The lowest BCUT2D eigenvalue weighted by Gasteiger charge is -2.37. The minimum Gasteiger partial charge on any atom is -0.369 e. The van der Waals surface area contributed by atoms with E-state index in [1.807, 2.05) is 25.1 Å². The van der Waals surface area contributed by atoms with Crippen LogP contribution in [0.4, 0.5) is 10.2 Å². The van der Waals surface area contributed by atoms with Crippen molar-refractivity contribution < 1.29 is 9.18 Å². The summed E-state index contributed by atoms with van der Waals surface area (Å²) in [4.78, 5) is 25.5. The molecule has 1 saturated heterocycles. The predicted molar refractivity (Wildman–Crippen MR) is 132 cm³/mol. The molecule has 168 valence electrons. The van der Waals surface area contributed by atoms with Gasteiger partial charge in [-0.1, -0.05) is 18.2 Å². The van der Waals surface area contributed by atoms with Crippen LogP contribution in [0, 0.1) is 11.7 Å². The Morgan fingerprint density at radius 2 is 1.90 bits per heavy atom. The van der Waals surface area contributed by atoms with Gasteiger partial charge in [0, 0.05) is 38.9 Å². The van der Waals surface area contributed by atoms with Gasteiger partial charge in [0.25, 0.3) is 0 Å². The average Bonchev–Trinajstić information content (AvgIpc) is 2.77. The lowest BCUT2D eigenvalue weighted by molar-refractivity contribution is -0.121. The van der Waals surface area contributed by atoms with Crippen LogP contribution in [0.5, 0.6) is 0 Å². The third kappa shape index (κ3) is 7.34. The lowest BCUT2D eigenvalue weighted by atomic mass is 9.99. The number of aromatic nitrogens is 1. The molecule has 0 aliphatic carbocycles. The van der Waals surface area contributed by atoms with E-state index in [9.17, 15) is 9.18 Å². The number of pyridine rings is 1. The highest BCUT2D eigenvalue weighted by Gasteiger charge is 2.22. The molecule has 1 fully saturated rings. The third-order valence-electron chi connectivity index (χ3n) is 5.15. The van der Waals surface area contributed by atoms with Crippen molar-refractivity contribution in [3.05, 3.63) is 60.0 Å². The summed E-state index contributed by atoms with van der Waals surface area (Å²) < 4.78 is 13.1. The number of primary amides is 1. The van der Waals surface area contributed by atoms with Crippen molar-refractivity contribution >= 4 is 41.7 Å². The van der Waals surface area contributed by atoms with E-state index in [2.05, 4.69) is 20.1 Å². The molecule has 31 heavy (non-hydrogen) atoms. The molecule has 1 unspecified atom stereocenters. The molecule has 1 atom stereocenters. The molecule has 0 radical (unpaired) electrons. The van der Waals surface area contributed by atoms with Gasteiger partial charge in [0.05, 0.1) is 12.5 Å². The van der Waals surface area contributed by atoms with Gasteiger partial charge in [-0.05, 0) is 43.2 Å². The Morgan fingerprint density at radius 1 is 1.19 bits per heavy atom. The summed E-state index contributed by atoms with van der Waals surface area (Å²) in [5, 5.41) is 3.31. The SMILES string of the molecule is CCNC(=NCC(Cc1ccc(F)cc1)C(N)=O)N1CCN(c2ccccn2)CC1.I. The van der Waals surface area contributed by atoms with Gasteiger partial charge in [0.1, 0.15) is 11.6 Å². The summed E-state index contributed by atoms with van der Waals surface area (Å²) in [7, 11) is 0. The lowest BCUT2D eigenvalue weighted by Crippen LogP contribution is -2.53. The van der Waals surface area contributed by atoms with E-state index in [1.165, 1.54) is 12.1 Å². The van der Waals surface area contributed by atoms with Crippen LogP contribution in [0.1, 0.15) is 12.5 Å². The predicted octanol–water partition coefficient (Wildman–Crippen LogP) is 2.27. The molecule has 1 aliphatic heterocycles. The molecule has 1 aromatic carbocycles. The zero-order valence-electron chi connectivity index (χ0n) is 17.7. The van der Waals surface area contributed by atoms with Gasteiger partial charge in [-0.15, -0.1) is 24.0 Å². The van der Waals surface area contributed by atoms with Crippen LogP contribution in [-0.4, -0.2) is 61.0 Å². The summed E-state index contributed by atoms with van der Waals surface area (Å²) in [6, 6.07) is 12.1. The number of amides is 1. The Kier molecular flexibility index (Phi) is 9.96. The molecule has 9 heteroatoms. The maximum absolute atomic E-state index is 13.1. The number of nitrogens with one attached hydrogen (secondary N) is 1. The molecule has 0 saturated carbocycles. The second-order valence-electron chi connectivity index (χ2n) is 7.29. The monoisotopic (exact) mass is 540 g/mol. The van der Waals surface area contributed by atoms with Crippen LogP contribution < -0.4 is 16.0 Å². The molecule has 7 nitrogen and oxygen atoms in total. The van der Waals surface area contributed by atoms with Crippen molar-refractivity contribution in [2.75, 3.05) is 44.2 Å². The Balaban J connectivity index is 0.00000341. The number of nitrogens with zero attached hydrogens (tertiary/aromatic N) is 4. The van der Waals surface area contributed by atoms with E-state index in [0.717, 1.165) is 50.1 Å². The summed E-state index contributed by atoms with van der Waals surface area (Å²) in [5.41, 5.74) is 6.47. The van der Waals surface area contributed by atoms with Crippen LogP contribution in [0.15, 0.2) is 53.7 Å². The Hall–Kier alpha value is -2.43. The first-order chi connectivity index (χ1) is 14.6. The molecule has 0 bridgehead atoms. The van der Waals surface area contributed by atoms with Gasteiger partial charge in [-0.3, -0.25) is 9.79 Å². The van der Waals surface area contributed by atoms with Gasteiger partial charge in [-0.2, -0.15) is 0 Å². The van der Waals surface area contributed by atoms with Crippen molar-refractivity contribution in [3.63, 3.8) is 0 Å². The number of aliphatic imine (C=N–C) groups is 1. The van der Waals surface area contributed by atoms with Crippen LogP contribution >= 0.6 is 24.0 Å². The van der Waals surface area contributed by atoms with E-state index in [4.69, 9.17) is 10.7 Å². The number of carbonyl (C=O) groups is 1. The molecular weight excluding hydrogens is 510 g/mol. The summed E-state index contributed by atoms with van der Waals surface area (Å²) >= 11 is 0. The quantitative estimate of drug-likeness (QED) is 0.320. The maximum Gasteiger partial charge on any atom is 0.222 e. The van der Waals surface area contributed by atoms with Crippen molar-refractivity contribution in [3.8, 4) is 0 Å².